The van der Waals surface area contributed by atoms with Crippen LogP contribution in [0.15, 0.2) is 60.4 Å². The van der Waals surface area contributed by atoms with Crippen molar-refractivity contribution in [3.8, 4) is 0 Å². The van der Waals surface area contributed by atoms with Gasteiger partial charge in [0.05, 0.1) is 17.8 Å². The molecule has 6 nitrogen and oxygen atoms in total. The average Bonchev–Trinajstić information content (AvgIpc) is 3.00. The molecule has 1 unspecified atom stereocenters. The lowest BCUT2D eigenvalue weighted by atomic mass is 9.97. The van der Waals surface area contributed by atoms with Crippen molar-refractivity contribution in [3.05, 3.63) is 71.7 Å². The number of hydrogen-bond acceptors (Lipinski definition) is 5. The smallest absolute Gasteiger partial charge is 0.278 e. The highest BCUT2D eigenvalue weighted by atomic mass is 16.3. The summed E-state index contributed by atoms with van der Waals surface area (Å²) < 4.78 is 0. The number of carbonyl (C=O) groups is 2. The lowest BCUT2D eigenvalue weighted by molar-refractivity contribution is -0.138. The second kappa shape index (κ2) is 7.94. The van der Waals surface area contributed by atoms with Crippen LogP contribution in [0.5, 0.6) is 0 Å². The second-order valence-corrected chi connectivity index (χ2v) is 7.24. The molecular formula is C22H23N3O3. The van der Waals surface area contributed by atoms with Crippen LogP contribution in [0.25, 0.3) is 5.57 Å². The van der Waals surface area contributed by atoms with E-state index in [1.54, 1.807) is 12.3 Å². The van der Waals surface area contributed by atoms with Crippen LogP contribution < -0.4 is 0 Å². The van der Waals surface area contributed by atoms with Gasteiger partial charge in [0.2, 0.25) is 0 Å². The molecule has 0 spiro atoms. The molecule has 1 fully saturated rings. The van der Waals surface area contributed by atoms with E-state index >= 15 is 0 Å². The Labute approximate surface area is 164 Å². The lowest BCUT2D eigenvalue weighted by Crippen LogP contribution is -2.40. The summed E-state index contributed by atoms with van der Waals surface area (Å²) >= 11 is 0. The third kappa shape index (κ3) is 3.43. The average molecular weight is 377 g/mol. The van der Waals surface area contributed by atoms with E-state index in [2.05, 4.69) is 4.98 Å². The summed E-state index contributed by atoms with van der Waals surface area (Å²) in [4.78, 5) is 34.1. The van der Waals surface area contributed by atoms with E-state index in [0.29, 0.717) is 30.1 Å². The van der Waals surface area contributed by atoms with Crippen molar-refractivity contribution in [1.82, 2.24) is 14.8 Å². The quantitative estimate of drug-likeness (QED) is 0.808. The summed E-state index contributed by atoms with van der Waals surface area (Å²) in [6, 6.07) is 14.8. The highest BCUT2D eigenvalue weighted by molar-refractivity contribution is 6.35. The molecule has 4 rings (SSSR count). The Balaban J connectivity index is 1.72. The first-order valence-corrected chi connectivity index (χ1v) is 9.60. The number of likely N-dealkylation sites (tertiary alicyclic amines) is 1. The van der Waals surface area contributed by atoms with Crippen molar-refractivity contribution in [1.29, 1.82) is 0 Å². The number of hydrogen-bond donors (Lipinski definition) is 1. The van der Waals surface area contributed by atoms with Gasteiger partial charge in [0.1, 0.15) is 5.70 Å². The minimum absolute atomic E-state index is 0.0875. The molecule has 1 aromatic heterocycles. The van der Waals surface area contributed by atoms with Gasteiger partial charge < -0.3 is 10.0 Å². The van der Waals surface area contributed by atoms with Crippen molar-refractivity contribution >= 4 is 17.4 Å². The normalized spacial score (nSPS) is 20.2. The number of imide groups is 1. The minimum Gasteiger partial charge on any atom is -0.396 e. The van der Waals surface area contributed by atoms with E-state index in [0.717, 1.165) is 18.4 Å². The number of nitrogens with zero attached hydrogens (tertiary/aromatic N) is 3. The highest BCUT2D eigenvalue weighted by Crippen LogP contribution is 2.34. The standard InChI is InChI=1S/C22H23N3O3/c26-15-16-7-6-12-24(13-16)20-19(17-8-2-1-3-9-17)21(27)25(22(20)28)14-18-10-4-5-11-23-18/h1-5,8-11,16,26H,6-7,12-15H2. The Kier molecular flexibility index (Phi) is 5.21. The Morgan fingerprint density at radius 2 is 1.82 bits per heavy atom. The Morgan fingerprint density at radius 1 is 1.04 bits per heavy atom. The van der Waals surface area contributed by atoms with E-state index in [-0.39, 0.29) is 30.9 Å². The molecule has 1 atom stereocenters. The van der Waals surface area contributed by atoms with Gasteiger partial charge in [0.25, 0.3) is 11.8 Å². The second-order valence-electron chi connectivity index (χ2n) is 7.24. The predicted molar refractivity (Wildman–Crippen MR) is 105 cm³/mol. The Morgan fingerprint density at radius 3 is 2.54 bits per heavy atom. The first kappa shape index (κ1) is 18.4. The van der Waals surface area contributed by atoms with E-state index in [9.17, 15) is 14.7 Å². The van der Waals surface area contributed by atoms with Gasteiger partial charge in [0.15, 0.2) is 0 Å². The van der Waals surface area contributed by atoms with Crippen molar-refractivity contribution in [2.75, 3.05) is 19.7 Å². The largest absolute Gasteiger partial charge is 0.396 e. The number of rotatable bonds is 5. The molecule has 2 aromatic rings. The number of amides is 2. The Hall–Kier alpha value is -2.99. The molecule has 2 amide bonds. The van der Waals surface area contributed by atoms with Gasteiger partial charge in [-0.2, -0.15) is 0 Å². The van der Waals surface area contributed by atoms with Gasteiger partial charge in [0, 0.05) is 25.9 Å². The fraction of sp³-hybridized carbons (Fsp3) is 0.318. The molecule has 1 aromatic carbocycles. The number of aromatic nitrogens is 1. The third-order valence-electron chi connectivity index (χ3n) is 5.35. The van der Waals surface area contributed by atoms with Gasteiger partial charge in [-0.3, -0.25) is 19.5 Å². The zero-order chi connectivity index (χ0) is 19.5. The number of pyridine rings is 1. The van der Waals surface area contributed by atoms with Crippen LogP contribution in [-0.4, -0.2) is 51.4 Å². The molecular weight excluding hydrogens is 354 g/mol. The van der Waals surface area contributed by atoms with Crippen LogP contribution in [0.1, 0.15) is 24.1 Å². The first-order valence-electron chi connectivity index (χ1n) is 9.60. The zero-order valence-electron chi connectivity index (χ0n) is 15.6. The van der Waals surface area contributed by atoms with E-state index in [1.165, 1.54) is 4.90 Å². The molecule has 0 saturated carbocycles. The number of aliphatic hydroxyl groups is 1. The number of carbonyl (C=O) groups excluding carboxylic acids is 2. The summed E-state index contributed by atoms with van der Waals surface area (Å²) in [6.45, 7) is 1.52. The number of piperidine rings is 1. The van der Waals surface area contributed by atoms with Crippen molar-refractivity contribution in [2.24, 2.45) is 5.92 Å². The number of benzene rings is 1. The molecule has 6 heteroatoms. The van der Waals surface area contributed by atoms with Crippen LogP contribution in [0.3, 0.4) is 0 Å². The van der Waals surface area contributed by atoms with Crippen molar-refractivity contribution in [2.45, 2.75) is 19.4 Å². The van der Waals surface area contributed by atoms with Gasteiger partial charge in [-0.15, -0.1) is 0 Å². The third-order valence-corrected chi connectivity index (χ3v) is 5.35. The first-order chi connectivity index (χ1) is 13.7. The maximum Gasteiger partial charge on any atom is 0.278 e. The van der Waals surface area contributed by atoms with Gasteiger partial charge >= 0.3 is 0 Å². The van der Waals surface area contributed by atoms with Crippen LogP contribution in [0, 0.1) is 5.92 Å². The van der Waals surface area contributed by atoms with E-state index in [4.69, 9.17) is 0 Å². The molecule has 1 saturated heterocycles. The highest BCUT2D eigenvalue weighted by Gasteiger charge is 2.42. The molecule has 144 valence electrons. The maximum absolute atomic E-state index is 13.3. The molecule has 0 bridgehead atoms. The van der Waals surface area contributed by atoms with E-state index in [1.807, 2.05) is 47.4 Å². The molecule has 2 aliphatic rings. The molecule has 28 heavy (non-hydrogen) atoms. The van der Waals surface area contributed by atoms with Crippen LogP contribution >= 0.6 is 0 Å². The summed E-state index contributed by atoms with van der Waals surface area (Å²) in [5.74, 6) is -0.456. The SMILES string of the molecule is O=C1C(c2ccccc2)=C(N2CCCC(CO)C2)C(=O)N1Cc1ccccn1. The van der Waals surface area contributed by atoms with Crippen LogP contribution in [-0.2, 0) is 16.1 Å². The predicted octanol–water partition coefficient (Wildman–Crippen LogP) is 2.07. The zero-order valence-corrected chi connectivity index (χ0v) is 15.6. The van der Waals surface area contributed by atoms with Gasteiger partial charge in [-0.1, -0.05) is 36.4 Å². The lowest BCUT2D eigenvalue weighted by Gasteiger charge is -2.34. The van der Waals surface area contributed by atoms with E-state index < -0.39 is 0 Å². The molecule has 0 aliphatic carbocycles. The van der Waals surface area contributed by atoms with Crippen molar-refractivity contribution < 1.29 is 14.7 Å². The van der Waals surface area contributed by atoms with Gasteiger partial charge in [-0.05, 0) is 36.5 Å². The van der Waals surface area contributed by atoms with Crippen molar-refractivity contribution in [3.63, 3.8) is 0 Å². The summed E-state index contributed by atoms with van der Waals surface area (Å²) in [6.07, 6.45) is 3.47. The fourth-order valence-electron chi connectivity index (χ4n) is 3.94. The van der Waals surface area contributed by atoms with Crippen LogP contribution in [0.4, 0.5) is 0 Å². The summed E-state index contributed by atoms with van der Waals surface area (Å²) in [7, 11) is 0. The molecule has 0 radical (unpaired) electrons. The maximum atomic E-state index is 13.3. The monoisotopic (exact) mass is 377 g/mol. The summed E-state index contributed by atoms with van der Waals surface area (Å²) in [5, 5.41) is 9.59. The topological polar surface area (TPSA) is 73.7 Å². The van der Waals surface area contributed by atoms with Gasteiger partial charge in [-0.25, -0.2) is 0 Å². The summed E-state index contributed by atoms with van der Waals surface area (Å²) in [5.41, 5.74) is 2.31. The molecule has 3 heterocycles. The fourth-order valence-corrected chi connectivity index (χ4v) is 3.94. The number of aliphatic hydroxyl groups excluding tert-OH is 1. The van der Waals surface area contributed by atoms with Crippen LogP contribution in [0.2, 0.25) is 0 Å². The molecule has 1 N–H and O–H groups in total. The molecule has 2 aliphatic heterocycles. The minimum atomic E-state index is -0.289. The Bertz CT molecular complexity index is 896.